The molecule has 1 aliphatic heterocycles. The molecule has 0 bridgehead atoms. The van der Waals surface area contributed by atoms with Crippen LogP contribution in [0.1, 0.15) is 6.92 Å². The van der Waals surface area contributed by atoms with Crippen molar-refractivity contribution in [2.75, 3.05) is 37.6 Å². The molecule has 11 nitrogen and oxygen atoms in total. The number of rotatable bonds is 7. The maximum atomic E-state index is 9.55. The Bertz CT molecular complexity index is 1300. The van der Waals surface area contributed by atoms with E-state index in [1.807, 2.05) is 0 Å². The van der Waals surface area contributed by atoms with Crippen LogP contribution in [0.3, 0.4) is 0 Å². The highest BCUT2D eigenvalue weighted by molar-refractivity contribution is 5.96. The molecule has 0 unspecified atom stereocenters. The number of piperazine rings is 1. The molecule has 0 amide bonds. The fraction of sp³-hybridized carbons (Fsp3) is 0.207. The van der Waals surface area contributed by atoms with Crippen LogP contribution in [0, 0.1) is 0 Å². The second-order valence-corrected chi connectivity index (χ2v) is 8.35. The number of hydrogen-bond acceptors (Lipinski definition) is 7. The number of likely N-dealkylation sites (N-methyl/N-ethyl adjacent to an activating group) is 1. The summed E-state index contributed by atoms with van der Waals surface area (Å²) in [6.45, 7) is 7.70. The lowest BCUT2D eigenvalue weighted by molar-refractivity contribution is -0.134. The Kier molecular flexibility index (Phi) is 12.5. The summed E-state index contributed by atoms with van der Waals surface area (Å²) >= 11 is 0. The van der Waals surface area contributed by atoms with Crippen molar-refractivity contribution in [3.63, 3.8) is 0 Å². The zero-order valence-electron chi connectivity index (χ0n) is 21.9. The van der Waals surface area contributed by atoms with Crippen molar-refractivity contribution in [2.24, 2.45) is 0 Å². The van der Waals surface area contributed by atoms with Crippen molar-refractivity contribution in [1.29, 1.82) is 0 Å². The largest absolute Gasteiger partial charge is 0.478 e. The van der Waals surface area contributed by atoms with Gasteiger partial charge in [0.15, 0.2) is 0 Å². The van der Waals surface area contributed by atoms with Gasteiger partial charge in [0.2, 0.25) is 0 Å². The fourth-order valence-corrected chi connectivity index (χ4v) is 3.76. The number of nitrogens with zero attached hydrogens (tertiary/aromatic N) is 3. The summed E-state index contributed by atoms with van der Waals surface area (Å²) in [5.41, 5.74) is 3.60. The van der Waals surface area contributed by atoms with Crippen LogP contribution >= 0.6 is 0 Å². The predicted molar refractivity (Wildman–Crippen MR) is 150 cm³/mol. The van der Waals surface area contributed by atoms with Crippen molar-refractivity contribution in [2.45, 2.75) is 6.92 Å². The second kappa shape index (κ2) is 16.0. The number of carbonyl (C=O) groups is 4. The number of carboxylic acid groups (broad SMARTS) is 4. The van der Waals surface area contributed by atoms with Crippen LogP contribution in [0.5, 0.6) is 0 Å². The van der Waals surface area contributed by atoms with Gasteiger partial charge in [-0.05, 0) is 29.8 Å². The molecule has 210 valence electrons. The van der Waals surface area contributed by atoms with E-state index in [0.29, 0.717) is 24.3 Å². The van der Waals surface area contributed by atoms with Gasteiger partial charge in [-0.2, -0.15) is 0 Å². The number of aromatic nitrogens is 1. The monoisotopic (exact) mass is 549 g/mol. The van der Waals surface area contributed by atoms with Gasteiger partial charge in [0.25, 0.3) is 0 Å². The molecule has 0 aliphatic carbocycles. The number of hydrogen-bond donors (Lipinski definition) is 4. The van der Waals surface area contributed by atoms with Gasteiger partial charge in [0.1, 0.15) is 5.82 Å². The van der Waals surface area contributed by atoms with Crippen molar-refractivity contribution in [3.8, 4) is 11.1 Å². The highest BCUT2D eigenvalue weighted by Gasteiger charge is 2.18. The summed E-state index contributed by atoms with van der Waals surface area (Å²) in [5, 5.41) is 32.5. The summed E-state index contributed by atoms with van der Waals surface area (Å²) in [6, 6.07) is 21.3. The third kappa shape index (κ3) is 10.8. The predicted octanol–water partition coefficient (Wildman–Crippen LogP) is 3.47. The van der Waals surface area contributed by atoms with E-state index in [1.165, 1.54) is 16.5 Å². The molecule has 1 aromatic heterocycles. The van der Waals surface area contributed by atoms with Gasteiger partial charge in [0, 0.05) is 55.9 Å². The first-order valence-corrected chi connectivity index (χ1v) is 12.3. The van der Waals surface area contributed by atoms with E-state index in [2.05, 4.69) is 77.4 Å². The van der Waals surface area contributed by atoms with E-state index >= 15 is 0 Å². The third-order valence-electron chi connectivity index (χ3n) is 5.67. The lowest BCUT2D eigenvalue weighted by Crippen LogP contribution is -2.46. The van der Waals surface area contributed by atoms with Gasteiger partial charge >= 0.3 is 23.9 Å². The number of para-hydroxylation sites is 1. The first-order valence-electron chi connectivity index (χ1n) is 12.3. The molecule has 1 saturated heterocycles. The smallest absolute Gasteiger partial charge is 0.328 e. The van der Waals surface area contributed by atoms with Crippen molar-refractivity contribution < 1.29 is 39.6 Å². The Morgan fingerprint density at radius 1 is 0.725 bits per heavy atom. The van der Waals surface area contributed by atoms with Crippen LogP contribution in [0.4, 0.5) is 5.82 Å². The van der Waals surface area contributed by atoms with Crippen molar-refractivity contribution in [1.82, 2.24) is 9.88 Å². The molecule has 0 spiro atoms. The van der Waals surface area contributed by atoms with E-state index < -0.39 is 23.9 Å². The topological polar surface area (TPSA) is 169 Å². The van der Waals surface area contributed by atoms with Crippen LogP contribution in [-0.4, -0.2) is 86.9 Å². The number of carboxylic acids is 4. The molecule has 2 aromatic carbocycles. The quantitative estimate of drug-likeness (QED) is 0.318. The molecule has 1 aliphatic rings. The first kappa shape index (κ1) is 31.2. The molecule has 1 fully saturated rings. The molecule has 0 saturated carbocycles. The SMILES string of the molecule is CCN1CCN(c2cc(-c3ccccc3)c3ccccc3n2)CC1.O=C(O)C=CC(=O)O.O=C(O)C=CC(=O)O. The van der Waals surface area contributed by atoms with Gasteiger partial charge in [0.05, 0.1) is 5.52 Å². The van der Waals surface area contributed by atoms with E-state index in [9.17, 15) is 19.2 Å². The minimum Gasteiger partial charge on any atom is -0.478 e. The number of anilines is 1. The fourth-order valence-electron chi connectivity index (χ4n) is 3.76. The normalized spacial score (nSPS) is 13.3. The Hall–Kier alpha value is -5.03. The summed E-state index contributed by atoms with van der Waals surface area (Å²) in [5.74, 6) is -3.93. The number of aliphatic carboxylic acids is 4. The van der Waals surface area contributed by atoms with E-state index in [-0.39, 0.29) is 0 Å². The minimum absolute atomic E-state index is 0.558. The maximum absolute atomic E-state index is 9.55. The molecular weight excluding hydrogens is 518 g/mol. The van der Waals surface area contributed by atoms with Crippen LogP contribution < -0.4 is 4.90 Å². The first-order chi connectivity index (χ1) is 19.1. The Morgan fingerprint density at radius 2 is 1.20 bits per heavy atom. The average Bonchev–Trinajstić information content (AvgIpc) is 2.95. The van der Waals surface area contributed by atoms with E-state index in [1.54, 1.807) is 0 Å². The zero-order valence-corrected chi connectivity index (χ0v) is 21.9. The van der Waals surface area contributed by atoms with Crippen LogP contribution in [0.15, 0.2) is 85.0 Å². The minimum atomic E-state index is -1.26. The summed E-state index contributed by atoms with van der Waals surface area (Å²) in [7, 11) is 0. The molecule has 4 N–H and O–H groups in total. The lowest BCUT2D eigenvalue weighted by atomic mass is 10.0. The van der Waals surface area contributed by atoms with Crippen molar-refractivity contribution in [3.05, 3.63) is 85.0 Å². The van der Waals surface area contributed by atoms with E-state index in [4.69, 9.17) is 25.4 Å². The molecule has 3 aromatic rings. The summed E-state index contributed by atoms with van der Waals surface area (Å²) < 4.78 is 0. The molecule has 2 heterocycles. The average molecular weight is 550 g/mol. The molecule has 4 rings (SSSR count). The van der Waals surface area contributed by atoms with Gasteiger partial charge in [-0.1, -0.05) is 55.5 Å². The highest BCUT2D eigenvalue weighted by atomic mass is 16.4. The third-order valence-corrected chi connectivity index (χ3v) is 5.67. The van der Waals surface area contributed by atoms with Gasteiger partial charge in [-0.3, -0.25) is 0 Å². The van der Waals surface area contributed by atoms with Crippen molar-refractivity contribution >= 4 is 40.6 Å². The lowest BCUT2D eigenvalue weighted by Gasteiger charge is -2.35. The number of pyridine rings is 1. The van der Waals surface area contributed by atoms with Gasteiger partial charge < -0.3 is 30.2 Å². The summed E-state index contributed by atoms with van der Waals surface area (Å²) in [6.07, 6.45) is 2.23. The number of fused-ring (bicyclic) bond motifs is 1. The van der Waals surface area contributed by atoms with Gasteiger partial charge in [-0.25, -0.2) is 24.2 Å². The molecule has 11 heteroatoms. The molecular formula is C29H31N3O8. The van der Waals surface area contributed by atoms with E-state index in [0.717, 1.165) is 44.1 Å². The number of benzene rings is 2. The zero-order chi connectivity index (χ0) is 29.5. The van der Waals surface area contributed by atoms with Gasteiger partial charge in [-0.15, -0.1) is 0 Å². The highest BCUT2D eigenvalue weighted by Crippen LogP contribution is 2.31. The van der Waals surface area contributed by atoms with Crippen LogP contribution in [0.2, 0.25) is 0 Å². The molecule has 40 heavy (non-hydrogen) atoms. The van der Waals surface area contributed by atoms with Crippen LogP contribution in [0.25, 0.3) is 22.0 Å². The summed E-state index contributed by atoms with van der Waals surface area (Å²) in [4.78, 5) is 48.1. The Balaban J connectivity index is 0.000000290. The second-order valence-electron chi connectivity index (χ2n) is 8.35. The molecule has 0 radical (unpaired) electrons. The maximum Gasteiger partial charge on any atom is 0.328 e. The van der Waals surface area contributed by atoms with Crippen LogP contribution in [-0.2, 0) is 19.2 Å². The molecule has 0 atom stereocenters. The Labute approximate surface area is 230 Å². The standard InChI is InChI=1S/C21H23N3.2C4H4O4/c1-2-23-12-14-24(15-13-23)21-16-19(17-8-4-3-5-9-17)18-10-6-7-11-20(18)22-21;2*5-3(6)1-2-4(7)8/h3-11,16H,2,12-15H2,1H3;2*1-2H,(H,5,6)(H,7,8). The Morgan fingerprint density at radius 3 is 1.68 bits per heavy atom.